The summed E-state index contributed by atoms with van der Waals surface area (Å²) in [5.74, 6) is 0.969. The van der Waals surface area contributed by atoms with E-state index in [4.69, 9.17) is 14.5 Å². The molecule has 33 heavy (non-hydrogen) atoms. The molecule has 0 aliphatic rings. The van der Waals surface area contributed by atoms with Gasteiger partial charge in [-0.05, 0) is 42.0 Å². The van der Waals surface area contributed by atoms with Gasteiger partial charge in [0, 0.05) is 17.2 Å². The molecule has 0 bridgehead atoms. The Morgan fingerprint density at radius 2 is 1.73 bits per heavy atom. The van der Waals surface area contributed by atoms with Gasteiger partial charge in [0.2, 0.25) is 0 Å². The molecule has 3 aromatic carbocycles. The molecule has 0 radical (unpaired) electrons. The minimum atomic E-state index is -0.332. The zero-order chi connectivity index (χ0) is 23.0. The van der Waals surface area contributed by atoms with Crippen LogP contribution < -0.4 is 14.9 Å². The van der Waals surface area contributed by atoms with Gasteiger partial charge in [-0.2, -0.15) is 5.10 Å². The number of amides is 1. The highest BCUT2D eigenvalue weighted by Crippen LogP contribution is 2.34. The second kappa shape index (κ2) is 10.2. The lowest BCUT2D eigenvalue weighted by atomic mass is 10.0. The number of rotatable bonds is 7. The summed E-state index contributed by atoms with van der Waals surface area (Å²) in [6.45, 7) is 0. The topological polar surface area (TPSA) is 72.8 Å². The van der Waals surface area contributed by atoms with Crippen molar-refractivity contribution in [2.75, 3.05) is 14.2 Å². The predicted molar refractivity (Wildman–Crippen MR) is 132 cm³/mol. The summed E-state index contributed by atoms with van der Waals surface area (Å²) in [4.78, 5) is 17.8. The standard InChI is InChI=1S/C27H23N3O3/c1-32-20-14-15-26(33-2)23(17-20)25-18-22(21-12-6-7-13-24(21)29-25)27(31)30-28-16-8-11-19-9-4-3-5-10-19/h3-18H,1-2H3,(H,30,31)/b11-8+,28-16-. The van der Waals surface area contributed by atoms with E-state index in [1.54, 1.807) is 32.6 Å². The molecule has 0 unspecified atom stereocenters. The second-order valence-corrected chi connectivity index (χ2v) is 7.13. The Kier molecular flexibility index (Phi) is 6.75. The minimum absolute atomic E-state index is 0.332. The number of methoxy groups -OCH3 is 2. The Bertz CT molecular complexity index is 1330. The van der Waals surface area contributed by atoms with Crippen LogP contribution in [0.3, 0.4) is 0 Å². The van der Waals surface area contributed by atoms with E-state index in [1.807, 2.05) is 78.9 Å². The number of hydrogen-bond donors (Lipinski definition) is 1. The van der Waals surface area contributed by atoms with Crippen LogP contribution in [-0.4, -0.2) is 31.3 Å². The molecule has 1 heterocycles. The second-order valence-electron chi connectivity index (χ2n) is 7.13. The van der Waals surface area contributed by atoms with Crippen LogP contribution in [-0.2, 0) is 0 Å². The first-order valence-corrected chi connectivity index (χ1v) is 10.4. The number of ether oxygens (including phenoxy) is 2. The number of fused-ring (bicyclic) bond motifs is 1. The van der Waals surface area contributed by atoms with Gasteiger partial charge < -0.3 is 9.47 Å². The molecule has 1 aromatic heterocycles. The van der Waals surface area contributed by atoms with E-state index in [1.165, 1.54) is 0 Å². The maximum absolute atomic E-state index is 13.0. The van der Waals surface area contributed by atoms with Crippen LogP contribution in [0.2, 0.25) is 0 Å². The quantitative estimate of drug-likeness (QED) is 0.313. The van der Waals surface area contributed by atoms with E-state index in [-0.39, 0.29) is 5.91 Å². The molecular formula is C27H23N3O3. The maximum Gasteiger partial charge on any atom is 0.272 e. The van der Waals surface area contributed by atoms with E-state index in [9.17, 15) is 4.79 Å². The van der Waals surface area contributed by atoms with Crippen molar-refractivity contribution in [1.29, 1.82) is 0 Å². The number of carbonyl (C=O) groups is 1. The molecule has 0 saturated heterocycles. The number of allylic oxidation sites excluding steroid dienone is 1. The third kappa shape index (κ3) is 5.07. The SMILES string of the molecule is COc1ccc(OC)c(-c2cc(C(=O)N/N=C\C=C\c3ccccc3)c3ccccc3n2)c1. The summed E-state index contributed by atoms with van der Waals surface area (Å²) in [6.07, 6.45) is 5.22. The van der Waals surface area contributed by atoms with Crippen LogP contribution >= 0.6 is 0 Å². The zero-order valence-corrected chi connectivity index (χ0v) is 18.4. The number of hydrazone groups is 1. The molecule has 4 rings (SSSR count). The number of aromatic nitrogens is 1. The number of benzene rings is 3. The molecule has 1 N–H and O–H groups in total. The van der Waals surface area contributed by atoms with E-state index in [0.717, 1.165) is 16.5 Å². The lowest BCUT2D eigenvalue weighted by Crippen LogP contribution is -2.18. The largest absolute Gasteiger partial charge is 0.497 e. The van der Waals surface area contributed by atoms with Crippen LogP contribution in [0.5, 0.6) is 11.5 Å². The third-order valence-corrected chi connectivity index (χ3v) is 5.06. The number of pyridine rings is 1. The van der Waals surface area contributed by atoms with Gasteiger partial charge in [-0.3, -0.25) is 4.79 Å². The number of nitrogens with one attached hydrogen (secondary N) is 1. The van der Waals surface area contributed by atoms with Crippen molar-refractivity contribution in [3.05, 3.63) is 96.1 Å². The first-order valence-electron chi connectivity index (χ1n) is 10.4. The highest BCUT2D eigenvalue weighted by molar-refractivity contribution is 6.07. The molecule has 6 nitrogen and oxygen atoms in total. The summed E-state index contributed by atoms with van der Waals surface area (Å²) in [5.41, 5.74) is 6.13. The smallest absolute Gasteiger partial charge is 0.272 e. The average molecular weight is 437 g/mol. The van der Waals surface area contributed by atoms with Crippen molar-refractivity contribution in [3.63, 3.8) is 0 Å². The van der Waals surface area contributed by atoms with Gasteiger partial charge in [0.15, 0.2) is 0 Å². The molecular weight excluding hydrogens is 414 g/mol. The molecule has 0 fully saturated rings. The summed E-state index contributed by atoms with van der Waals surface area (Å²) in [6, 6.07) is 24.5. The Morgan fingerprint density at radius 3 is 2.52 bits per heavy atom. The van der Waals surface area contributed by atoms with Crippen molar-refractivity contribution in [1.82, 2.24) is 10.4 Å². The molecule has 0 aliphatic heterocycles. The summed E-state index contributed by atoms with van der Waals surface area (Å²) < 4.78 is 10.9. The Labute approximate surface area is 192 Å². The number of para-hydroxylation sites is 1. The fraction of sp³-hybridized carbons (Fsp3) is 0.0741. The average Bonchev–Trinajstić information content (AvgIpc) is 2.87. The first-order chi connectivity index (χ1) is 16.2. The maximum atomic E-state index is 13.0. The molecule has 1 amide bonds. The number of carbonyl (C=O) groups excluding carboxylic acids is 1. The lowest BCUT2D eigenvalue weighted by molar-refractivity contribution is 0.0956. The fourth-order valence-corrected chi connectivity index (χ4v) is 3.43. The minimum Gasteiger partial charge on any atom is -0.497 e. The monoisotopic (exact) mass is 437 g/mol. The van der Waals surface area contributed by atoms with Crippen molar-refractivity contribution in [3.8, 4) is 22.8 Å². The van der Waals surface area contributed by atoms with Gasteiger partial charge >= 0.3 is 0 Å². The number of hydrogen-bond acceptors (Lipinski definition) is 5. The summed E-state index contributed by atoms with van der Waals surface area (Å²) in [5, 5.41) is 4.79. The Morgan fingerprint density at radius 1 is 0.939 bits per heavy atom. The first kappa shape index (κ1) is 21.8. The van der Waals surface area contributed by atoms with Gasteiger partial charge in [-0.15, -0.1) is 0 Å². The third-order valence-electron chi connectivity index (χ3n) is 5.06. The fourth-order valence-electron chi connectivity index (χ4n) is 3.43. The lowest BCUT2D eigenvalue weighted by Gasteiger charge is -2.13. The highest BCUT2D eigenvalue weighted by Gasteiger charge is 2.16. The van der Waals surface area contributed by atoms with E-state index in [2.05, 4.69) is 10.5 Å². The van der Waals surface area contributed by atoms with Crippen LogP contribution in [0.4, 0.5) is 0 Å². The van der Waals surface area contributed by atoms with Crippen molar-refractivity contribution < 1.29 is 14.3 Å². The summed E-state index contributed by atoms with van der Waals surface area (Å²) in [7, 11) is 3.19. The van der Waals surface area contributed by atoms with Gasteiger partial charge in [-0.1, -0.05) is 54.6 Å². The normalized spacial score (nSPS) is 11.2. The molecule has 6 heteroatoms. The van der Waals surface area contributed by atoms with E-state index < -0.39 is 0 Å². The molecule has 0 saturated carbocycles. The highest BCUT2D eigenvalue weighted by atomic mass is 16.5. The number of nitrogens with zero attached hydrogens (tertiary/aromatic N) is 2. The van der Waals surface area contributed by atoms with E-state index in [0.29, 0.717) is 28.3 Å². The Balaban J connectivity index is 1.65. The summed E-state index contributed by atoms with van der Waals surface area (Å²) >= 11 is 0. The molecule has 4 aromatic rings. The van der Waals surface area contributed by atoms with Crippen LogP contribution in [0, 0.1) is 0 Å². The van der Waals surface area contributed by atoms with Gasteiger partial charge in [0.25, 0.3) is 5.91 Å². The van der Waals surface area contributed by atoms with Gasteiger partial charge in [-0.25, -0.2) is 10.4 Å². The molecule has 164 valence electrons. The molecule has 0 atom stereocenters. The Hall–Kier alpha value is -4.45. The van der Waals surface area contributed by atoms with Crippen LogP contribution in [0.1, 0.15) is 15.9 Å². The van der Waals surface area contributed by atoms with Gasteiger partial charge in [0.1, 0.15) is 11.5 Å². The van der Waals surface area contributed by atoms with Crippen LogP contribution in [0.25, 0.3) is 28.2 Å². The molecule has 0 spiro atoms. The van der Waals surface area contributed by atoms with E-state index >= 15 is 0 Å². The van der Waals surface area contributed by atoms with Gasteiger partial charge in [0.05, 0.1) is 31.0 Å². The van der Waals surface area contributed by atoms with Crippen molar-refractivity contribution >= 4 is 29.1 Å². The molecule has 0 aliphatic carbocycles. The van der Waals surface area contributed by atoms with Crippen LogP contribution in [0.15, 0.2) is 90.0 Å². The van der Waals surface area contributed by atoms with Crippen molar-refractivity contribution in [2.45, 2.75) is 0 Å². The predicted octanol–water partition coefficient (Wildman–Crippen LogP) is 5.35. The van der Waals surface area contributed by atoms with Crippen molar-refractivity contribution in [2.24, 2.45) is 5.10 Å². The zero-order valence-electron chi connectivity index (χ0n) is 18.4.